The van der Waals surface area contributed by atoms with Gasteiger partial charge >= 0.3 is 0 Å². The number of benzene rings is 1. The van der Waals surface area contributed by atoms with Crippen LogP contribution in [0.15, 0.2) is 54.7 Å². The maximum absolute atomic E-state index is 4.53. The van der Waals surface area contributed by atoms with Crippen molar-refractivity contribution in [3.63, 3.8) is 0 Å². The van der Waals surface area contributed by atoms with E-state index in [1.54, 1.807) is 6.20 Å². The molecule has 2 heterocycles. The summed E-state index contributed by atoms with van der Waals surface area (Å²) in [5.41, 5.74) is 4.40. The molecule has 5 heteroatoms. The van der Waals surface area contributed by atoms with Crippen molar-refractivity contribution in [2.75, 3.05) is 10.6 Å². The highest BCUT2D eigenvalue weighted by Gasteiger charge is 2.04. The fourth-order valence-electron chi connectivity index (χ4n) is 2.40. The zero-order valence-electron chi connectivity index (χ0n) is 14.0. The van der Waals surface area contributed by atoms with Gasteiger partial charge < -0.3 is 10.6 Å². The Morgan fingerprint density at radius 2 is 1.71 bits per heavy atom. The van der Waals surface area contributed by atoms with E-state index in [4.69, 9.17) is 0 Å². The van der Waals surface area contributed by atoms with Crippen LogP contribution in [-0.4, -0.2) is 15.0 Å². The van der Waals surface area contributed by atoms with Gasteiger partial charge in [-0.05, 0) is 37.1 Å². The molecule has 0 radical (unpaired) electrons. The van der Waals surface area contributed by atoms with Gasteiger partial charge in [0.25, 0.3) is 0 Å². The van der Waals surface area contributed by atoms with E-state index in [9.17, 15) is 0 Å². The number of nitrogens with zero attached hydrogens (tertiary/aromatic N) is 3. The third kappa shape index (κ3) is 4.29. The van der Waals surface area contributed by atoms with Crippen LogP contribution < -0.4 is 10.6 Å². The number of hydrogen-bond acceptors (Lipinski definition) is 5. The lowest BCUT2D eigenvalue weighted by molar-refractivity contribution is 0.981. The van der Waals surface area contributed by atoms with Crippen molar-refractivity contribution >= 4 is 11.8 Å². The van der Waals surface area contributed by atoms with Gasteiger partial charge in [0.15, 0.2) is 0 Å². The summed E-state index contributed by atoms with van der Waals surface area (Å²) in [6, 6.07) is 16.1. The van der Waals surface area contributed by atoms with Gasteiger partial charge in [0.2, 0.25) is 5.95 Å². The molecule has 0 saturated heterocycles. The second-order valence-electron chi connectivity index (χ2n) is 5.67. The van der Waals surface area contributed by atoms with Crippen LogP contribution in [0.25, 0.3) is 0 Å². The molecule has 0 spiro atoms. The zero-order valence-corrected chi connectivity index (χ0v) is 14.0. The SMILES string of the molecule is Cc1cc(NCc2ccccc2C)nc(NCc2ccccn2)n1. The van der Waals surface area contributed by atoms with E-state index in [1.165, 1.54) is 11.1 Å². The molecule has 2 aromatic heterocycles. The van der Waals surface area contributed by atoms with E-state index in [2.05, 4.69) is 50.7 Å². The quantitative estimate of drug-likeness (QED) is 0.725. The van der Waals surface area contributed by atoms with Crippen LogP contribution in [-0.2, 0) is 13.1 Å². The third-order valence-corrected chi connectivity index (χ3v) is 3.73. The number of hydrogen-bond donors (Lipinski definition) is 2. The Morgan fingerprint density at radius 1 is 0.875 bits per heavy atom. The monoisotopic (exact) mass is 319 g/mol. The van der Waals surface area contributed by atoms with Gasteiger partial charge in [-0.1, -0.05) is 30.3 Å². The summed E-state index contributed by atoms with van der Waals surface area (Å²) in [6.07, 6.45) is 1.78. The number of aryl methyl sites for hydroxylation is 2. The number of rotatable bonds is 6. The summed E-state index contributed by atoms with van der Waals surface area (Å²) in [5.74, 6) is 1.42. The minimum Gasteiger partial charge on any atom is -0.366 e. The van der Waals surface area contributed by atoms with Crippen molar-refractivity contribution in [3.8, 4) is 0 Å². The molecule has 0 bridgehead atoms. The van der Waals surface area contributed by atoms with Gasteiger partial charge in [0, 0.05) is 24.5 Å². The van der Waals surface area contributed by atoms with E-state index in [0.29, 0.717) is 12.5 Å². The van der Waals surface area contributed by atoms with Crippen LogP contribution in [0.4, 0.5) is 11.8 Å². The molecule has 2 N–H and O–H groups in total. The average molecular weight is 319 g/mol. The van der Waals surface area contributed by atoms with Crippen molar-refractivity contribution in [2.24, 2.45) is 0 Å². The van der Waals surface area contributed by atoms with Crippen LogP contribution in [0, 0.1) is 13.8 Å². The maximum Gasteiger partial charge on any atom is 0.225 e. The summed E-state index contributed by atoms with van der Waals surface area (Å²) >= 11 is 0. The van der Waals surface area contributed by atoms with Gasteiger partial charge in [0.1, 0.15) is 5.82 Å². The van der Waals surface area contributed by atoms with Crippen LogP contribution >= 0.6 is 0 Å². The van der Waals surface area contributed by atoms with Gasteiger partial charge in [-0.15, -0.1) is 0 Å². The van der Waals surface area contributed by atoms with Gasteiger partial charge in [-0.25, -0.2) is 4.98 Å². The predicted octanol–water partition coefficient (Wildman–Crippen LogP) is 3.71. The Kier molecular flexibility index (Phi) is 5.01. The van der Waals surface area contributed by atoms with E-state index >= 15 is 0 Å². The molecule has 0 aliphatic heterocycles. The lowest BCUT2D eigenvalue weighted by Gasteiger charge is -2.11. The molecule has 0 fully saturated rings. The van der Waals surface area contributed by atoms with Gasteiger partial charge in [-0.2, -0.15) is 4.98 Å². The van der Waals surface area contributed by atoms with E-state index in [-0.39, 0.29) is 0 Å². The minimum atomic E-state index is 0.599. The fraction of sp³-hybridized carbons (Fsp3) is 0.211. The molecule has 5 nitrogen and oxygen atoms in total. The second-order valence-corrected chi connectivity index (χ2v) is 5.67. The minimum absolute atomic E-state index is 0.599. The van der Waals surface area contributed by atoms with Crippen LogP contribution in [0.3, 0.4) is 0 Å². The standard InChI is InChI=1S/C19H21N5/c1-14-7-3-4-8-16(14)12-21-18-11-15(2)23-19(24-18)22-13-17-9-5-6-10-20-17/h3-11H,12-13H2,1-2H3,(H2,21,22,23,24). The molecule has 0 amide bonds. The van der Waals surface area contributed by atoms with Crippen LogP contribution in [0.5, 0.6) is 0 Å². The van der Waals surface area contributed by atoms with Crippen molar-refractivity contribution in [3.05, 3.63) is 77.2 Å². The fourth-order valence-corrected chi connectivity index (χ4v) is 2.40. The molecule has 0 atom stereocenters. The molecule has 1 aromatic carbocycles. The summed E-state index contributed by atoms with van der Waals surface area (Å²) in [5, 5.41) is 6.60. The lowest BCUT2D eigenvalue weighted by Crippen LogP contribution is -2.09. The molecule has 0 aliphatic rings. The molecule has 0 saturated carbocycles. The lowest BCUT2D eigenvalue weighted by atomic mass is 10.1. The van der Waals surface area contributed by atoms with E-state index < -0.39 is 0 Å². The first-order chi connectivity index (χ1) is 11.7. The highest BCUT2D eigenvalue weighted by Crippen LogP contribution is 2.13. The number of aromatic nitrogens is 3. The normalized spacial score (nSPS) is 10.4. The molecule has 24 heavy (non-hydrogen) atoms. The van der Waals surface area contributed by atoms with Crippen molar-refractivity contribution < 1.29 is 0 Å². The summed E-state index contributed by atoms with van der Waals surface area (Å²) in [7, 11) is 0. The molecular formula is C19H21N5. The summed E-state index contributed by atoms with van der Waals surface area (Å²) in [4.78, 5) is 13.3. The van der Waals surface area contributed by atoms with Gasteiger partial charge in [-0.3, -0.25) is 4.98 Å². The topological polar surface area (TPSA) is 62.7 Å². The average Bonchev–Trinajstić information content (AvgIpc) is 2.60. The number of anilines is 2. The largest absolute Gasteiger partial charge is 0.366 e. The Bertz CT molecular complexity index is 802. The Hall–Kier alpha value is -2.95. The Morgan fingerprint density at radius 3 is 2.50 bits per heavy atom. The highest BCUT2D eigenvalue weighted by atomic mass is 15.1. The summed E-state index contributed by atoms with van der Waals surface area (Å²) < 4.78 is 0. The Balaban J connectivity index is 1.66. The molecule has 0 aliphatic carbocycles. The maximum atomic E-state index is 4.53. The van der Waals surface area contributed by atoms with Crippen molar-refractivity contribution in [1.29, 1.82) is 0 Å². The smallest absolute Gasteiger partial charge is 0.225 e. The Labute approximate surface area is 142 Å². The van der Waals surface area contributed by atoms with E-state index in [0.717, 1.165) is 23.8 Å². The third-order valence-electron chi connectivity index (χ3n) is 3.73. The first-order valence-electron chi connectivity index (χ1n) is 7.98. The van der Waals surface area contributed by atoms with Crippen LogP contribution in [0.2, 0.25) is 0 Å². The van der Waals surface area contributed by atoms with Crippen LogP contribution in [0.1, 0.15) is 22.5 Å². The first kappa shape index (κ1) is 15.9. The first-order valence-corrected chi connectivity index (χ1v) is 7.98. The summed E-state index contributed by atoms with van der Waals surface area (Å²) in [6.45, 7) is 5.42. The van der Waals surface area contributed by atoms with Gasteiger partial charge in [0.05, 0.1) is 12.2 Å². The second kappa shape index (κ2) is 7.55. The predicted molar refractivity (Wildman–Crippen MR) is 96.8 cm³/mol. The molecule has 3 rings (SSSR count). The number of nitrogens with one attached hydrogen (secondary N) is 2. The van der Waals surface area contributed by atoms with E-state index in [1.807, 2.05) is 37.3 Å². The van der Waals surface area contributed by atoms with Crippen molar-refractivity contribution in [2.45, 2.75) is 26.9 Å². The zero-order chi connectivity index (χ0) is 16.8. The molecule has 0 unspecified atom stereocenters. The molecular weight excluding hydrogens is 298 g/mol. The molecule has 122 valence electrons. The molecule has 3 aromatic rings. The van der Waals surface area contributed by atoms with Crippen molar-refractivity contribution in [1.82, 2.24) is 15.0 Å². The number of pyridine rings is 1. The highest BCUT2D eigenvalue weighted by molar-refractivity contribution is 5.43.